The van der Waals surface area contributed by atoms with E-state index in [1.807, 2.05) is 0 Å². The Bertz CT molecular complexity index is 753. The van der Waals surface area contributed by atoms with Crippen molar-refractivity contribution in [3.63, 3.8) is 0 Å². The molecule has 3 aliphatic rings. The summed E-state index contributed by atoms with van der Waals surface area (Å²) in [6.07, 6.45) is 0. The van der Waals surface area contributed by atoms with Crippen LogP contribution in [0.5, 0.6) is 0 Å². The average molecular weight is 420 g/mol. The van der Waals surface area contributed by atoms with Gasteiger partial charge in [0.25, 0.3) is 11.8 Å². The normalized spacial score (nSPS) is 25.6. The molecule has 2 amide bonds. The molecule has 0 aromatic heterocycles. The van der Waals surface area contributed by atoms with Crippen molar-refractivity contribution in [1.82, 2.24) is 10.2 Å². The highest BCUT2D eigenvalue weighted by Gasteiger charge is 2.54. The van der Waals surface area contributed by atoms with E-state index >= 15 is 0 Å². The third-order valence-corrected chi connectivity index (χ3v) is 6.23. The van der Waals surface area contributed by atoms with Gasteiger partial charge in [0, 0.05) is 16.9 Å². The van der Waals surface area contributed by atoms with E-state index in [0.717, 1.165) is 10.7 Å². The lowest BCUT2D eigenvalue weighted by Crippen LogP contribution is -2.71. The Kier molecular flexibility index (Phi) is 5.68. The van der Waals surface area contributed by atoms with E-state index in [0.29, 0.717) is 6.61 Å². The third kappa shape index (κ3) is 3.38. The van der Waals surface area contributed by atoms with Gasteiger partial charge in [-0.2, -0.15) is 0 Å². The van der Waals surface area contributed by atoms with Crippen molar-refractivity contribution in [2.24, 2.45) is 5.16 Å². The van der Waals surface area contributed by atoms with Gasteiger partial charge in [0.15, 0.2) is 5.76 Å². The van der Waals surface area contributed by atoms with Gasteiger partial charge < -0.3 is 20.0 Å². The Balaban J connectivity index is 1.75. The number of nitrogens with one attached hydrogen (secondary N) is 1. The monoisotopic (exact) mass is 419 g/mol. The maximum absolute atomic E-state index is 12.5. The van der Waals surface area contributed by atoms with Crippen molar-refractivity contribution in [2.75, 3.05) is 25.2 Å². The number of aliphatic carboxylic acids is 1. The summed E-state index contributed by atoms with van der Waals surface area (Å²) in [4.78, 5) is 42.0. The number of ether oxygens (including phenoxy) is 1. The standard InChI is InChI=1S/C14H14ClN3O6S2/c1-23-17-8(7-5-25-3-2-24-7)11(19)16-9-12(20)18-10(14(21)22)6(15)4-26-13(9)18/h5,9,13H,2-4H2,1H3,(H,16,19)(H,21,22)/b17-8-/t9?,13-/m1/s1. The molecule has 0 aromatic rings. The summed E-state index contributed by atoms with van der Waals surface area (Å²) < 4.78 is 5.41. The number of rotatable bonds is 5. The van der Waals surface area contributed by atoms with Crippen LogP contribution in [0, 0.1) is 0 Å². The molecule has 0 radical (unpaired) electrons. The van der Waals surface area contributed by atoms with E-state index in [2.05, 4.69) is 10.5 Å². The molecular weight excluding hydrogens is 406 g/mol. The summed E-state index contributed by atoms with van der Waals surface area (Å²) in [7, 11) is 1.29. The van der Waals surface area contributed by atoms with Crippen LogP contribution in [0.25, 0.3) is 0 Å². The van der Waals surface area contributed by atoms with E-state index in [-0.39, 0.29) is 28.0 Å². The van der Waals surface area contributed by atoms with Crippen LogP contribution in [-0.4, -0.2) is 70.1 Å². The molecule has 3 aliphatic heterocycles. The molecule has 1 unspecified atom stereocenters. The molecule has 26 heavy (non-hydrogen) atoms. The first-order valence-electron chi connectivity index (χ1n) is 7.39. The molecule has 0 aromatic carbocycles. The van der Waals surface area contributed by atoms with Gasteiger partial charge in [-0.1, -0.05) is 16.8 Å². The predicted molar refractivity (Wildman–Crippen MR) is 96.5 cm³/mol. The molecule has 0 bridgehead atoms. The van der Waals surface area contributed by atoms with Gasteiger partial charge in [-0.25, -0.2) is 4.79 Å². The number of nitrogens with zero attached hydrogens (tertiary/aromatic N) is 2. The zero-order valence-corrected chi connectivity index (χ0v) is 15.8. The molecule has 0 spiro atoms. The highest BCUT2D eigenvalue weighted by Crippen LogP contribution is 2.41. The third-order valence-electron chi connectivity index (χ3n) is 3.69. The number of amides is 2. The van der Waals surface area contributed by atoms with Gasteiger partial charge >= 0.3 is 5.97 Å². The number of carboxylic acid groups (broad SMARTS) is 1. The minimum absolute atomic E-state index is 0.0845. The quantitative estimate of drug-likeness (QED) is 0.376. The van der Waals surface area contributed by atoms with Crippen LogP contribution >= 0.6 is 35.1 Å². The van der Waals surface area contributed by atoms with Crippen molar-refractivity contribution >= 4 is 58.6 Å². The van der Waals surface area contributed by atoms with Crippen LogP contribution in [-0.2, 0) is 24.0 Å². The fourth-order valence-electron chi connectivity index (χ4n) is 2.57. The van der Waals surface area contributed by atoms with Crippen molar-refractivity contribution in [3.8, 4) is 0 Å². The molecule has 2 atom stereocenters. The number of fused-ring (bicyclic) bond motifs is 1. The zero-order valence-electron chi connectivity index (χ0n) is 13.4. The fraction of sp³-hybridized carbons (Fsp3) is 0.429. The molecule has 3 heterocycles. The largest absolute Gasteiger partial charge is 0.490 e. The lowest BCUT2D eigenvalue weighted by atomic mass is 10.0. The van der Waals surface area contributed by atoms with Gasteiger partial charge in [-0.3, -0.25) is 14.5 Å². The molecule has 3 rings (SSSR count). The molecule has 1 fully saturated rings. The lowest BCUT2D eigenvalue weighted by molar-refractivity contribution is -0.150. The fourth-order valence-corrected chi connectivity index (χ4v) is 4.75. The summed E-state index contributed by atoms with van der Waals surface area (Å²) in [6, 6.07) is -0.884. The summed E-state index contributed by atoms with van der Waals surface area (Å²) >= 11 is 8.66. The van der Waals surface area contributed by atoms with Crippen molar-refractivity contribution < 1.29 is 29.1 Å². The zero-order chi connectivity index (χ0) is 18.8. The second kappa shape index (κ2) is 7.80. The molecular formula is C14H14ClN3O6S2. The van der Waals surface area contributed by atoms with Crippen LogP contribution in [0.3, 0.4) is 0 Å². The van der Waals surface area contributed by atoms with Gasteiger partial charge in [-0.05, 0) is 0 Å². The van der Waals surface area contributed by atoms with Crippen molar-refractivity contribution in [1.29, 1.82) is 0 Å². The van der Waals surface area contributed by atoms with Crippen LogP contribution in [0.15, 0.2) is 27.1 Å². The lowest BCUT2D eigenvalue weighted by Gasteiger charge is -2.48. The minimum atomic E-state index is -1.28. The average Bonchev–Trinajstić information content (AvgIpc) is 2.64. The van der Waals surface area contributed by atoms with E-state index in [1.54, 1.807) is 5.41 Å². The summed E-state index contributed by atoms with van der Waals surface area (Å²) in [5, 5.41) is 16.7. The Morgan fingerprint density at radius 3 is 2.92 bits per heavy atom. The highest BCUT2D eigenvalue weighted by atomic mass is 35.5. The number of carbonyl (C=O) groups is 3. The Hall–Kier alpha value is -1.85. The van der Waals surface area contributed by atoms with Crippen molar-refractivity contribution in [2.45, 2.75) is 11.4 Å². The van der Waals surface area contributed by atoms with Crippen LogP contribution in [0.1, 0.15) is 0 Å². The summed E-state index contributed by atoms with van der Waals surface area (Å²) in [5.74, 6) is -1.21. The number of oxime groups is 1. The Labute approximate surface area is 161 Å². The Morgan fingerprint density at radius 2 is 2.31 bits per heavy atom. The second-order valence-corrected chi connectivity index (χ2v) is 7.78. The Morgan fingerprint density at radius 1 is 1.54 bits per heavy atom. The molecule has 1 saturated heterocycles. The molecule has 0 aliphatic carbocycles. The number of thioether (sulfide) groups is 2. The first-order chi connectivity index (χ1) is 12.5. The number of carbonyl (C=O) groups excluding carboxylic acids is 2. The van der Waals surface area contributed by atoms with Gasteiger partial charge in [0.05, 0.1) is 11.6 Å². The highest BCUT2D eigenvalue weighted by molar-refractivity contribution is 8.02. The van der Waals surface area contributed by atoms with Gasteiger partial charge in [-0.15, -0.1) is 23.5 Å². The van der Waals surface area contributed by atoms with E-state index in [9.17, 15) is 19.5 Å². The molecule has 0 saturated carbocycles. The summed E-state index contributed by atoms with van der Waals surface area (Å²) in [5.41, 5.74) is -0.329. The van der Waals surface area contributed by atoms with E-state index < -0.39 is 29.2 Å². The minimum Gasteiger partial charge on any atom is -0.490 e. The molecule has 140 valence electrons. The van der Waals surface area contributed by atoms with E-state index in [4.69, 9.17) is 21.2 Å². The number of halogens is 1. The molecule has 2 N–H and O–H groups in total. The predicted octanol–water partition coefficient (Wildman–Crippen LogP) is 0.529. The maximum atomic E-state index is 12.5. The van der Waals surface area contributed by atoms with Gasteiger partial charge in [0.1, 0.15) is 24.2 Å². The number of carboxylic acids is 1. The number of hydrogen-bond donors (Lipinski definition) is 2. The molecule has 12 heteroatoms. The first kappa shape index (κ1) is 18.9. The molecule has 9 nitrogen and oxygen atoms in total. The maximum Gasteiger partial charge on any atom is 0.353 e. The van der Waals surface area contributed by atoms with Crippen LogP contribution in [0.2, 0.25) is 0 Å². The SMILES string of the molecule is CO/N=C(\C(=O)NC1C(=O)N2C(C(=O)O)=C(Cl)CS[C@H]12)C1=CSCCO1. The first-order valence-corrected chi connectivity index (χ1v) is 9.86. The van der Waals surface area contributed by atoms with E-state index in [1.165, 1.54) is 30.6 Å². The topological polar surface area (TPSA) is 118 Å². The summed E-state index contributed by atoms with van der Waals surface area (Å²) in [6.45, 7) is 0.423. The van der Waals surface area contributed by atoms with Gasteiger partial charge in [0.2, 0.25) is 5.71 Å². The smallest absolute Gasteiger partial charge is 0.353 e. The second-order valence-electron chi connectivity index (χ2n) is 5.24. The van der Waals surface area contributed by atoms with Crippen molar-refractivity contribution in [3.05, 3.63) is 21.9 Å². The van der Waals surface area contributed by atoms with Crippen LogP contribution < -0.4 is 5.32 Å². The number of hydrogen-bond acceptors (Lipinski definition) is 8. The van der Waals surface area contributed by atoms with Crippen LogP contribution in [0.4, 0.5) is 0 Å². The number of β-lactam (4-membered cyclic amide) rings is 1.